The molecule has 0 unspecified atom stereocenters. The summed E-state index contributed by atoms with van der Waals surface area (Å²) in [5, 5.41) is 12.8. The van der Waals surface area contributed by atoms with Gasteiger partial charge in [0, 0.05) is 11.6 Å². The van der Waals surface area contributed by atoms with Crippen molar-refractivity contribution in [1.82, 2.24) is 29.9 Å². The lowest BCUT2D eigenvalue weighted by molar-refractivity contribution is 0.0754. The molecule has 0 bridgehead atoms. The van der Waals surface area contributed by atoms with E-state index in [1.807, 2.05) is 35.0 Å². The molecule has 1 aromatic carbocycles. The number of aromatic nitrogens is 5. The van der Waals surface area contributed by atoms with Crippen LogP contribution in [0, 0.1) is 0 Å². The van der Waals surface area contributed by atoms with Gasteiger partial charge in [0.05, 0.1) is 12.6 Å². The fourth-order valence-corrected chi connectivity index (χ4v) is 3.51. The number of hydrogen-bond donors (Lipinski definition) is 0. The fourth-order valence-electron chi connectivity index (χ4n) is 3.51. The van der Waals surface area contributed by atoms with Gasteiger partial charge in [-0.15, -0.1) is 10.2 Å². The van der Waals surface area contributed by atoms with Crippen LogP contribution < -0.4 is 0 Å². The van der Waals surface area contributed by atoms with Gasteiger partial charge in [0.15, 0.2) is 0 Å². The van der Waals surface area contributed by atoms with E-state index >= 15 is 0 Å². The smallest absolute Gasteiger partial charge is 0.247 e. The van der Waals surface area contributed by atoms with Gasteiger partial charge in [-0.3, -0.25) is 9.58 Å². The second-order valence-electron chi connectivity index (χ2n) is 6.49. The highest BCUT2D eigenvalue weighted by Gasteiger charge is 2.30. The molecule has 0 radical (unpaired) electrons. The molecule has 7 nitrogen and oxygen atoms in total. The van der Waals surface area contributed by atoms with E-state index in [1.165, 1.54) is 12.8 Å². The molecule has 1 fully saturated rings. The third-order valence-electron chi connectivity index (χ3n) is 4.85. The number of rotatable bonds is 5. The average Bonchev–Trinajstić information content (AvgIpc) is 3.34. The van der Waals surface area contributed by atoms with Crippen LogP contribution in [0.3, 0.4) is 0 Å². The summed E-state index contributed by atoms with van der Waals surface area (Å²) in [7, 11) is 0. The first kappa shape index (κ1) is 16.0. The maximum atomic E-state index is 5.97. The van der Waals surface area contributed by atoms with Crippen molar-refractivity contribution in [3.8, 4) is 11.5 Å². The fraction of sp³-hybridized carbons (Fsp3) is 0.444. The van der Waals surface area contributed by atoms with Gasteiger partial charge in [0.2, 0.25) is 11.8 Å². The number of benzene rings is 1. The van der Waals surface area contributed by atoms with E-state index in [2.05, 4.69) is 32.1 Å². The Balaban J connectivity index is 1.52. The average molecular weight is 338 g/mol. The largest absolute Gasteiger partial charge is 0.419 e. The third-order valence-corrected chi connectivity index (χ3v) is 4.85. The van der Waals surface area contributed by atoms with Gasteiger partial charge in [0.1, 0.15) is 12.7 Å². The SMILES string of the molecule is C[C@H](c1nnc(-c2ccccc2)o1)N1CCCC[C@H]1Cn1cncn1. The zero-order valence-corrected chi connectivity index (χ0v) is 14.3. The minimum absolute atomic E-state index is 0.0822. The van der Waals surface area contributed by atoms with Gasteiger partial charge in [-0.05, 0) is 38.4 Å². The van der Waals surface area contributed by atoms with Crippen molar-refractivity contribution < 1.29 is 4.42 Å². The summed E-state index contributed by atoms with van der Waals surface area (Å²) in [5.74, 6) is 1.25. The predicted octanol–water partition coefficient (Wildman–Crippen LogP) is 2.94. The maximum absolute atomic E-state index is 5.97. The second kappa shape index (κ2) is 7.14. The Bertz CT molecular complexity index is 785. The Morgan fingerprint density at radius 3 is 2.88 bits per heavy atom. The van der Waals surface area contributed by atoms with Crippen LogP contribution in [-0.2, 0) is 6.54 Å². The minimum atomic E-state index is 0.0822. The Hall–Kier alpha value is -2.54. The van der Waals surface area contributed by atoms with Crippen LogP contribution in [0.25, 0.3) is 11.5 Å². The summed E-state index contributed by atoms with van der Waals surface area (Å²) in [6, 6.07) is 10.4. The quantitative estimate of drug-likeness (QED) is 0.712. The Labute approximate surface area is 146 Å². The van der Waals surface area contributed by atoms with Gasteiger partial charge < -0.3 is 4.42 Å². The predicted molar refractivity (Wildman–Crippen MR) is 92.5 cm³/mol. The molecule has 0 N–H and O–H groups in total. The highest BCUT2D eigenvalue weighted by molar-refractivity contribution is 5.51. The lowest BCUT2D eigenvalue weighted by Gasteiger charge is -2.38. The van der Waals surface area contributed by atoms with Crippen LogP contribution in [0.1, 0.15) is 38.1 Å². The zero-order valence-electron chi connectivity index (χ0n) is 14.3. The van der Waals surface area contributed by atoms with Gasteiger partial charge in [-0.2, -0.15) is 5.10 Å². The number of nitrogens with zero attached hydrogens (tertiary/aromatic N) is 6. The molecule has 130 valence electrons. The van der Waals surface area contributed by atoms with E-state index < -0.39 is 0 Å². The first-order valence-corrected chi connectivity index (χ1v) is 8.78. The lowest BCUT2D eigenvalue weighted by Crippen LogP contribution is -2.43. The Morgan fingerprint density at radius 1 is 1.20 bits per heavy atom. The molecular weight excluding hydrogens is 316 g/mol. The van der Waals surface area contributed by atoms with Crippen LogP contribution >= 0.6 is 0 Å². The number of hydrogen-bond acceptors (Lipinski definition) is 6. The molecular formula is C18H22N6O. The molecule has 2 atom stereocenters. The summed E-state index contributed by atoms with van der Waals surface area (Å²) in [4.78, 5) is 6.50. The minimum Gasteiger partial charge on any atom is -0.419 e. The van der Waals surface area contributed by atoms with Crippen LogP contribution in [0.5, 0.6) is 0 Å². The van der Waals surface area contributed by atoms with E-state index in [4.69, 9.17) is 4.42 Å². The van der Waals surface area contributed by atoms with Gasteiger partial charge in [-0.25, -0.2) is 4.98 Å². The summed E-state index contributed by atoms with van der Waals surface area (Å²) in [6.07, 6.45) is 6.93. The lowest BCUT2D eigenvalue weighted by atomic mass is 10.00. The molecule has 0 saturated carbocycles. The summed E-state index contributed by atoms with van der Waals surface area (Å²) < 4.78 is 7.87. The monoisotopic (exact) mass is 338 g/mol. The van der Waals surface area contributed by atoms with Crippen LogP contribution in [-0.4, -0.2) is 42.4 Å². The highest BCUT2D eigenvalue weighted by Crippen LogP contribution is 2.30. The van der Waals surface area contributed by atoms with Crippen LogP contribution in [0.15, 0.2) is 47.4 Å². The van der Waals surface area contributed by atoms with E-state index in [1.54, 1.807) is 12.7 Å². The number of likely N-dealkylation sites (tertiary alicyclic amines) is 1. The molecule has 1 aliphatic heterocycles. The second-order valence-corrected chi connectivity index (χ2v) is 6.49. The van der Waals surface area contributed by atoms with E-state index in [9.17, 15) is 0 Å². The molecule has 4 rings (SSSR count). The molecule has 3 heterocycles. The Morgan fingerprint density at radius 2 is 2.08 bits per heavy atom. The van der Waals surface area contributed by atoms with E-state index in [-0.39, 0.29) is 6.04 Å². The molecule has 0 amide bonds. The van der Waals surface area contributed by atoms with Gasteiger partial charge in [0.25, 0.3) is 0 Å². The topological polar surface area (TPSA) is 72.9 Å². The van der Waals surface area contributed by atoms with Gasteiger partial charge >= 0.3 is 0 Å². The maximum Gasteiger partial charge on any atom is 0.247 e. The zero-order chi connectivity index (χ0) is 17.1. The molecule has 3 aromatic rings. The van der Waals surface area contributed by atoms with Crippen molar-refractivity contribution in [1.29, 1.82) is 0 Å². The van der Waals surface area contributed by atoms with Gasteiger partial charge in [-0.1, -0.05) is 24.6 Å². The van der Waals surface area contributed by atoms with Crippen LogP contribution in [0.2, 0.25) is 0 Å². The van der Waals surface area contributed by atoms with Crippen molar-refractivity contribution in [3.05, 3.63) is 48.9 Å². The summed E-state index contributed by atoms with van der Waals surface area (Å²) in [5.41, 5.74) is 0.950. The van der Waals surface area contributed by atoms with Crippen molar-refractivity contribution in [2.45, 2.75) is 44.8 Å². The highest BCUT2D eigenvalue weighted by atomic mass is 16.4. The van der Waals surface area contributed by atoms with E-state index in [0.717, 1.165) is 25.1 Å². The Kier molecular flexibility index (Phi) is 4.56. The molecule has 25 heavy (non-hydrogen) atoms. The molecule has 0 spiro atoms. The summed E-state index contributed by atoms with van der Waals surface area (Å²) in [6.45, 7) is 4.01. The molecule has 0 aliphatic carbocycles. The number of piperidine rings is 1. The molecule has 2 aromatic heterocycles. The molecule has 1 saturated heterocycles. The van der Waals surface area contributed by atoms with Crippen molar-refractivity contribution >= 4 is 0 Å². The van der Waals surface area contributed by atoms with Crippen molar-refractivity contribution in [3.63, 3.8) is 0 Å². The molecule has 7 heteroatoms. The van der Waals surface area contributed by atoms with Crippen molar-refractivity contribution in [2.24, 2.45) is 0 Å². The first-order valence-electron chi connectivity index (χ1n) is 8.78. The van der Waals surface area contributed by atoms with Crippen molar-refractivity contribution in [2.75, 3.05) is 6.54 Å². The van der Waals surface area contributed by atoms with Crippen LogP contribution in [0.4, 0.5) is 0 Å². The first-order chi connectivity index (χ1) is 12.3. The standard InChI is InChI=1S/C18H22N6O/c1-14(17-21-22-18(25-17)15-7-3-2-4-8-15)24-10-6-5-9-16(24)11-23-13-19-12-20-23/h2-4,7-8,12-14,16H,5-6,9-11H2,1H3/t14-,16+/m1/s1. The molecule has 1 aliphatic rings. The summed E-state index contributed by atoms with van der Waals surface area (Å²) >= 11 is 0. The van der Waals surface area contributed by atoms with E-state index in [0.29, 0.717) is 17.8 Å². The third kappa shape index (κ3) is 3.46. The normalized spacial score (nSPS) is 19.8.